The lowest BCUT2D eigenvalue weighted by Crippen LogP contribution is -2.01. The molecule has 0 aromatic heterocycles. The molecule has 0 amide bonds. The van der Waals surface area contributed by atoms with Crippen LogP contribution in [-0.2, 0) is 0 Å². The molecule has 0 radical (unpaired) electrons. The van der Waals surface area contributed by atoms with E-state index in [4.69, 9.17) is 5.11 Å². The van der Waals surface area contributed by atoms with Crippen molar-refractivity contribution in [3.63, 3.8) is 0 Å². The van der Waals surface area contributed by atoms with Crippen LogP contribution in [0.5, 0.6) is 0 Å². The van der Waals surface area contributed by atoms with E-state index in [-0.39, 0.29) is 0 Å². The Morgan fingerprint density at radius 1 is 0.524 bits per heavy atom. The van der Waals surface area contributed by atoms with E-state index >= 15 is 0 Å². The second-order valence-electron chi connectivity index (χ2n) is 6.84. The van der Waals surface area contributed by atoms with Crippen molar-refractivity contribution >= 4 is 0 Å². The first kappa shape index (κ1) is 21.0. The molecule has 21 heavy (non-hydrogen) atoms. The minimum absolute atomic E-state index is 0.373. The van der Waals surface area contributed by atoms with Gasteiger partial charge in [-0.15, -0.1) is 0 Å². The molecule has 1 nitrogen and oxygen atoms in total. The minimum atomic E-state index is 0.373. The van der Waals surface area contributed by atoms with Gasteiger partial charge in [0, 0.05) is 6.61 Å². The Balaban J connectivity index is 3.69. The number of aliphatic hydroxyl groups is 1. The van der Waals surface area contributed by atoms with E-state index in [1.165, 1.54) is 96.3 Å². The third-order valence-corrected chi connectivity index (χ3v) is 4.70. The third-order valence-electron chi connectivity index (χ3n) is 4.70. The summed E-state index contributed by atoms with van der Waals surface area (Å²) in [5.41, 5.74) is 0. The molecule has 1 atom stereocenters. The first-order valence-electron chi connectivity index (χ1n) is 9.96. The highest BCUT2D eigenvalue weighted by Crippen LogP contribution is 2.24. The predicted octanol–water partition coefficient (Wildman–Crippen LogP) is 6.88. The van der Waals surface area contributed by atoms with E-state index in [0.29, 0.717) is 6.61 Å². The molecule has 1 heteroatoms. The van der Waals surface area contributed by atoms with Crippen molar-refractivity contribution < 1.29 is 5.11 Å². The smallest absolute Gasteiger partial charge is 0.0431 e. The molecule has 0 spiro atoms. The van der Waals surface area contributed by atoms with Gasteiger partial charge in [0.1, 0.15) is 0 Å². The molecule has 0 rings (SSSR count). The lowest BCUT2D eigenvalue weighted by molar-refractivity contribution is 0.280. The maximum Gasteiger partial charge on any atom is 0.0431 e. The van der Waals surface area contributed by atoms with Gasteiger partial charge in [-0.2, -0.15) is 0 Å². The highest BCUT2D eigenvalue weighted by Gasteiger charge is 2.08. The van der Waals surface area contributed by atoms with E-state index in [0.717, 1.165) is 12.3 Å². The van der Waals surface area contributed by atoms with E-state index < -0.39 is 0 Å². The zero-order valence-corrected chi connectivity index (χ0v) is 15.0. The van der Waals surface area contributed by atoms with Gasteiger partial charge in [-0.25, -0.2) is 0 Å². The minimum Gasteiger partial charge on any atom is -0.396 e. The van der Waals surface area contributed by atoms with Crippen molar-refractivity contribution in [3.05, 3.63) is 0 Å². The first-order valence-corrected chi connectivity index (χ1v) is 9.96. The molecule has 0 fully saturated rings. The molecule has 0 saturated carbocycles. The van der Waals surface area contributed by atoms with Crippen LogP contribution in [0.3, 0.4) is 0 Å². The number of aliphatic hydroxyl groups excluding tert-OH is 1. The molecule has 0 heterocycles. The van der Waals surface area contributed by atoms with Crippen LogP contribution >= 0.6 is 0 Å². The van der Waals surface area contributed by atoms with Gasteiger partial charge >= 0.3 is 0 Å². The summed E-state index contributed by atoms with van der Waals surface area (Å²) in [5.74, 6) is 0.984. The standard InChI is InChI=1S/C20H42O/c1-3-5-7-9-13-17-20(16-12-8-6-4-2)18-14-10-11-15-19-21/h20-21H,3-19H2,1-2H3. The molecule has 0 aliphatic rings. The fraction of sp³-hybridized carbons (Fsp3) is 1.00. The Hall–Kier alpha value is -0.0400. The fourth-order valence-corrected chi connectivity index (χ4v) is 3.23. The molecule has 0 aliphatic heterocycles. The molecule has 0 saturated heterocycles. The normalized spacial score (nSPS) is 12.7. The van der Waals surface area contributed by atoms with Gasteiger partial charge in [0.25, 0.3) is 0 Å². The molecule has 0 bridgehead atoms. The quantitative estimate of drug-likeness (QED) is 0.290. The molecule has 0 aliphatic carbocycles. The maximum absolute atomic E-state index is 8.83. The first-order chi connectivity index (χ1) is 10.3. The van der Waals surface area contributed by atoms with Gasteiger partial charge in [0.05, 0.1) is 0 Å². The largest absolute Gasteiger partial charge is 0.396 e. The van der Waals surface area contributed by atoms with Crippen LogP contribution in [0.2, 0.25) is 0 Å². The second kappa shape index (κ2) is 18.0. The highest BCUT2D eigenvalue weighted by atomic mass is 16.2. The summed E-state index contributed by atoms with van der Waals surface area (Å²) in [6, 6.07) is 0. The predicted molar refractivity (Wildman–Crippen MR) is 95.8 cm³/mol. The molecular weight excluding hydrogens is 256 g/mol. The Morgan fingerprint density at radius 2 is 0.905 bits per heavy atom. The van der Waals surface area contributed by atoms with Crippen molar-refractivity contribution in [3.8, 4) is 0 Å². The maximum atomic E-state index is 8.83. The van der Waals surface area contributed by atoms with Crippen LogP contribution < -0.4 is 0 Å². The van der Waals surface area contributed by atoms with Crippen molar-refractivity contribution in [1.29, 1.82) is 0 Å². The van der Waals surface area contributed by atoms with Crippen molar-refractivity contribution in [1.82, 2.24) is 0 Å². The van der Waals surface area contributed by atoms with Gasteiger partial charge in [0.15, 0.2) is 0 Å². The summed E-state index contributed by atoms with van der Waals surface area (Å²) in [6.07, 6.45) is 22.1. The summed E-state index contributed by atoms with van der Waals surface area (Å²) < 4.78 is 0. The molecule has 1 unspecified atom stereocenters. The summed E-state index contributed by atoms with van der Waals surface area (Å²) in [7, 11) is 0. The zero-order chi connectivity index (χ0) is 15.6. The van der Waals surface area contributed by atoms with Crippen LogP contribution in [-0.4, -0.2) is 11.7 Å². The van der Waals surface area contributed by atoms with Crippen molar-refractivity contribution in [2.45, 2.75) is 117 Å². The van der Waals surface area contributed by atoms with Gasteiger partial charge < -0.3 is 5.11 Å². The number of unbranched alkanes of at least 4 members (excludes halogenated alkanes) is 10. The number of rotatable bonds is 17. The lowest BCUT2D eigenvalue weighted by Gasteiger charge is -2.17. The number of hydrogen-bond acceptors (Lipinski definition) is 1. The third kappa shape index (κ3) is 16.2. The van der Waals surface area contributed by atoms with E-state index in [9.17, 15) is 0 Å². The molecule has 0 aromatic rings. The van der Waals surface area contributed by atoms with Gasteiger partial charge in [-0.3, -0.25) is 0 Å². The number of hydrogen-bond donors (Lipinski definition) is 1. The summed E-state index contributed by atoms with van der Waals surface area (Å²) in [5, 5.41) is 8.83. The molecule has 0 aromatic carbocycles. The van der Waals surface area contributed by atoms with E-state index in [1.54, 1.807) is 0 Å². The van der Waals surface area contributed by atoms with Crippen LogP contribution in [0.1, 0.15) is 117 Å². The average molecular weight is 299 g/mol. The fourth-order valence-electron chi connectivity index (χ4n) is 3.23. The second-order valence-corrected chi connectivity index (χ2v) is 6.84. The Labute approximate surface area is 134 Å². The summed E-state index contributed by atoms with van der Waals surface area (Å²) >= 11 is 0. The zero-order valence-electron chi connectivity index (χ0n) is 15.0. The van der Waals surface area contributed by atoms with Gasteiger partial charge in [-0.1, -0.05) is 110 Å². The topological polar surface area (TPSA) is 20.2 Å². The van der Waals surface area contributed by atoms with Crippen LogP contribution in [0.15, 0.2) is 0 Å². The molecular formula is C20H42O. The summed E-state index contributed by atoms with van der Waals surface area (Å²) in [4.78, 5) is 0. The van der Waals surface area contributed by atoms with Crippen molar-refractivity contribution in [2.75, 3.05) is 6.61 Å². The highest BCUT2D eigenvalue weighted by molar-refractivity contribution is 4.61. The van der Waals surface area contributed by atoms with E-state index in [1.807, 2.05) is 0 Å². The van der Waals surface area contributed by atoms with Crippen LogP contribution in [0.4, 0.5) is 0 Å². The molecule has 128 valence electrons. The van der Waals surface area contributed by atoms with Crippen molar-refractivity contribution in [2.24, 2.45) is 5.92 Å². The Morgan fingerprint density at radius 3 is 1.33 bits per heavy atom. The monoisotopic (exact) mass is 298 g/mol. The lowest BCUT2D eigenvalue weighted by atomic mass is 9.89. The average Bonchev–Trinajstić information content (AvgIpc) is 2.50. The van der Waals surface area contributed by atoms with Gasteiger partial charge in [0.2, 0.25) is 0 Å². The van der Waals surface area contributed by atoms with Gasteiger partial charge in [-0.05, 0) is 12.3 Å². The van der Waals surface area contributed by atoms with Crippen LogP contribution in [0, 0.1) is 5.92 Å². The van der Waals surface area contributed by atoms with E-state index in [2.05, 4.69) is 13.8 Å². The Bertz CT molecular complexity index is 165. The molecule has 1 N–H and O–H groups in total. The summed E-state index contributed by atoms with van der Waals surface area (Å²) in [6.45, 7) is 4.97. The van der Waals surface area contributed by atoms with Crippen LogP contribution in [0.25, 0.3) is 0 Å². The Kier molecular flexibility index (Phi) is 18.0. The SMILES string of the molecule is CCCCCCCC(CCCCCC)CCCCCCO.